The van der Waals surface area contributed by atoms with Crippen molar-refractivity contribution < 1.29 is 81.9 Å². The number of rotatable bonds is 27. The first-order chi connectivity index (χ1) is 59.7. The molecular weight excluding hydrogens is 2130 g/mol. The van der Waals surface area contributed by atoms with Gasteiger partial charge in [-0.2, -0.15) is 0 Å². The molecule has 0 aliphatic rings. The van der Waals surface area contributed by atoms with Crippen LogP contribution in [0.25, 0.3) is 0 Å². The fraction of sp³-hybridized carbons (Fsp3) is 0.511. The molecule has 0 spiro atoms. The maximum absolute atomic E-state index is 10.4. The molecule has 0 saturated carbocycles. The molecule has 0 unspecified atom stereocenters. The summed E-state index contributed by atoms with van der Waals surface area (Å²) < 4.78 is 50.9. The molecule has 5 aromatic carbocycles. The quantitative estimate of drug-likeness (QED) is 0.0130. The van der Waals surface area contributed by atoms with Crippen LogP contribution < -0.4 is 89.6 Å². The van der Waals surface area contributed by atoms with Gasteiger partial charge in [0.25, 0.3) is 8.32 Å². The molecule has 15 nitrogen and oxygen atoms in total. The van der Waals surface area contributed by atoms with Crippen LogP contribution >= 0.6 is 80.7 Å². The summed E-state index contributed by atoms with van der Waals surface area (Å²) in [5.41, 5.74) is 13.4. The topological polar surface area (TPSA) is 152 Å². The van der Waals surface area contributed by atoms with E-state index in [1.807, 2.05) is 97.8 Å². The summed E-state index contributed by atoms with van der Waals surface area (Å²) in [6, 6.07) is 42.4. The fourth-order valence-electron chi connectivity index (χ4n) is 11.5. The van der Waals surface area contributed by atoms with E-state index in [9.17, 15) is 19.2 Å². The molecule has 0 aliphatic carbocycles. The second-order valence-corrected chi connectivity index (χ2v) is 120. The standard InChI is InChI=1S/C32H56O4Si7.C22H40O4Si5.C12H24N2Si2.C10H18O2Si2.C6H18N2Si.C4Cl6.C4H12ClNSi.C4.2Li/c1-33-39(7,8)29-19-21-31(22-20-29)41(11,12)35-43(15,16)36-42(13,14)32-25-23-30(24-26-32)40(9,10)34-38(5,6)28-18-17-27-37(2,3)4;1-27(2,23)19-11-15-21(16-12-19)29(5,6)25-31(9,10)26-30(7,8)22-17-13-20(14-18-22)28(3,4)24;1-13(2)15(5,6)11-9-10-12-16(7,8)14(3)4;1-13(2,11)9-5-7-10(8-6-9)14(3,4)12;1-7(2)9(5,6)8(3)4;5-1(3(7)8)2(6)4(9)10;1-6(2)7(3,4)5;1-3-4-2;;/h19-26H,1-16H3;11-18,23-24H,1-10H3;1-8H3;5-8,11-12H,1-4H3;1-6H3;;1-4H3;;;/q;;;;;;;-2;2*+1. The Morgan fingerprint density at radius 3 is 0.596 bits per heavy atom. The normalized spacial score (nSPS) is 12.5. The molecule has 136 heavy (non-hydrogen) atoms. The minimum atomic E-state index is -2.43. The molecule has 4 N–H and O–H groups in total. The third kappa shape index (κ3) is 56.6. The van der Waals surface area contributed by atoms with Crippen LogP contribution in [0.4, 0.5) is 0 Å². The Hall–Kier alpha value is -0.531. The van der Waals surface area contributed by atoms with E-state index in [4.69, 9.17) is 119 Å². The average Bonchev–Trinajstić information content (AvgIpc) is 0.790. The van der Waals surface area contributed by atoms with E-state index in [1.165, 1.54) is 31.1 Å². The summed E-state index contributed by atoms with van der Waals surface area (Å²) in [7, 11) is -13.0. The maximum atomic E-state index is 10.4. The van der Waals surface area contributed by atoms with Crippen LogP contribution in [0.5, 0.6) is 0 Å². The molecule has 5 aromatic rings. The zero-order chi connectivity index (χ0) is 106. The van der Waals surface area contributed by atoms with Gasteiger partial charge in [0.1, 0.15) is 17.1 Å². The zero-order valence-corrected chi connectivity index (χ0v) is 116. The summed E-state index contributed by atoms with van der Waals surface area (Å²) in [5, 5.41) is 11.6. The number of halogens is 7. The summed E-state index contributed by atoms with van der Waals surface area (Å²) in [6.07, 6.45) is 11.8. The van der Waals surface area contributed by atoms with Crippen molar-refractivity contribution in [2.75, 3.05) is 77.6 Å². The van der Waals surface area contributed by atoms with Crippen molar-refractivity contribution in [1.82, 2.24) is 22.8 Å². The molecule has 0 aromatic heterocycles. The molecule has 42 heteroatoms. The van der Waals surface area contributed by atoms with E-state index >= 15 is 0 Å². The Morgan fingerprint density at radius 1 is 0.272 bits per heavy atom. The van der Waals surface area contributed by atoms with Crippen LogP contribution in [-0.4, -0.2) is 269 Å². The first-order valence-corrected chi connectivity index (χ1v) is 101. The van der Waals surface area contributed by atoms with Crippen molar-refractivity contribution in [2.24, 2.45) is 0 Å². The van der Waals surface area contributed by atoms with Gasteiger partial charge in [0.05, 0.1) is 10.1 Å². The van der Waals surface area contributed by atoms with Crippen LogP contribution in [0, 0.1) is 70.5 Å². The van der Waals surface area contributed by atoms with Gasteiger partial charge in [-0.1, -0.05) is 227 Å². The Labute approximate surface area is 907 Å². The van der Waals surface area contributed by atoms with E-state index in [2.05, 4.69) is 412 Å². The smallest absolute Gasteiger partial charge is 0.500 e. The molecular formula is C94H168Cl7Li2N5O10Si18. The molecule has 0 amide bonds. The third-order valence-corrected chi connectivity index (χ3v) is 77.7. The van der Waals surface area contributed by atoms with E-state index in [0.717, 1.165) is 20.7 Å². The minimum Gasteiger partial charge on any atom is -0.500 e. The van der Waals surface area contributed by atoms with Crippen molar-refractivity contribution in [3.8, 4) is 57.7 Å². The van der Waals surface area contributed by atoms with Gasteiger partial charge in [-0.25, -0.2) is 0 Å². The second-order valence-electron chi connectivity index (χ2n) is 43.4. The maximum Gasteiger partial charge on any atom is 1.00 e. The monoisotopic (exact) mass is 2290 g/mol. The van der Waals surface area contributed by atoms with E-state index in [0.29, 0.717) is 0 Å². The van der Waals surface area contributed by atoms with Crippen LogP contribution in [0.1, 0.15) is 0 Å². The molecule has 0 heterocycles. The first-order valence-electron chi connectivity index (χ1n) is 44.6. The Morgan fingerprint density at radius 2 is 0.449 bits per heavy atom. The third-order valence-electron chi connectivity index (χ3n) is 22.2. The molecule has 0 radical (unpaired) electrons. The van der Waals surface area contributed by atoms with E-state index in [-0.39, 0.29) is 56.8 Å². The van der Waals surface area contributed by atoms with Gasteiger partial charge in [0.15, 0.2) is 8.40 Å². The van der Waals surface area contributed by atoms with Gasteiger partial charge < -0.3 is 91.7 Å². The Kier molecular flexibility index (Phi) is 63.1. The summed E-state index contributed by atoms with van der Waals surface area (Å²) >= 11 is 37.7. The predicted octanol–water partition coefficient (Wildman–Crippen LogP) is 12.1. The average molecular weight is 2300 g/mol. The van der Waals surface area contributed by atoms with Gasteiger partial charge in [-0.05, 0) is 369 Å². The number of nitrogens with zero attached hydrogens (tertiary/aromatic N) is 5. The van der Waals surface area contributed by atoms with Crippen molar-refractivity contribution in [3.63, 3.8) is 0 Å². The molecule has 0 saturated heterocycles. The molecule has 0 bridgehead atoms. The largest absolute Gasteiger partial charge is 1.00 e. The number of allylic oxidation sites excluding steroid dienone is 2. The molecule has 5 rings (SSSR count). The van der Waals surface area contributed by atoms with Gasteiger partial charge in [-0.3, -0.25) is 0 Å². The van der Waals surface area contributed by atoms with Crippen molar-refractivity contribution >= 4 is 282 Å². The fourth-order valence-corrected chi connectivity index (χ4v) is 53.5. The summed E-state index contributed by atoms with van der Waals surface area (Å²) in [5.74, 6) is 15.5. The molecule has 0 aliphatic heterocycles. The van der Waals surface area contributed by atoms with Gasteiger partial charge >= 0.3 is 54.8 Å². The van der Waals surface area contributed by atoms with E-state index in [1.54, 1.807) is 11.8 Å². The number of hydrogen-bond acceptors (Lipinski definition) is 15. The van der Waals surface area contributed by atoms with E-state index < -0.39 is 149 Å². The minimum absolute atomic E-state index is 0. The Balaban J connectivity index is -0.000000533. The molecule has 0 atom stereocenters. The predicted molar refractivity (Wildman–Crippen MR) is 639 cm³/mol. The second kappa shape index (κ2) is 59.6. The Bertz CT molecular complexity index is 4730. The zero-order valence-electron chi connectivity index (χ0n) is 92.7. The van der Waals surface area contributed by atoms with Crippen molar-refractivity contribution in [1.29, 1.82) is 0 Å². The van der Waals surface area contributed by atoms with Gasteiger partial charge in [-0.15, -0.1) is 16.6 Å². The van der Waals surface area contributed by atoms with Crippen LogP contribution in [0.3, 0.4) is 0 Å². The molecule has 752 valence electrons. The van der Waals surface area contributed by atoms with Gasteiger partial charge in [0, 0.05) is 7.11 Å². The molecule has 0 fully saturated rings. The summed E-state index contributed by atoms with van der Waals surface area (Å²) in [6.45, 7) is 79.9. The van der Waals surface area contributed by atoms with Crippen molar-refractivity contribution in [2.45, 2.75) is 242 Å². The van der Waals surface area contributed by atoms with Crippen LogP contribution in [0.15, 0.2) is 140 Å². The number of benzene rings is 5. The van der Waals surface area contributed by atoms with Crippen molar-refractivity contribution in [3.05, 3.63) is 153 Å². The number of hydrogen-bond donors (Lipinski definition) is 4. The summed E-state index contributed by atoms with van der Waals surface area (Å²) in [4.78, 5) is 40.5. The van der Waals surface area contributed by atoms with Gasteiger partial charge in [0.2, 0.25) is 107 Å². The van der Waals surface area contributed by atoms with Crippen LogP contribution in [0.2, 0.25) is 242 Å². The van der Waals surface area contributed by atoms with Crippen LogP contribution in [-0.2, 0) is 25.0 Å². The first kappa shape index (κ1) is 144. The SMILES string of the molecule is CN(C)[Si](C)(C)C#CC#C[Si](C)(C)N(C)C.CN(C)[Si](C)(C)Cl.CN(C)[Si](C)(C)N(C)C.CO[Si](C)(C)c1ccc([Si](C)(C)O[Si](C)(C)O[Si](C)(C)c2ccc([Si](C)(C)O[Si](C)(C)C#CC#C[Si](C)(C)C)cc2)cc1.C[Si](C)(O)c1ccc([Si](C)(C)O)cc1.C[Si](C)(O[Si](C)(C)c1ccc([Si](C)(C)O)cc1)O[Si](C)(C)c1ccc([Si](C)(C)O)cc1.ClC(Cl)=C(Cl)C(Cl)=C(Cl)Cl.[C-]#CC#[C-].[Li+].[Li+].